The Morgan fingerprint density at radius 2 is 0.979 bits per heavy atom. The third kappa shape index (κ3) is 7.91. The molecule has 0 bridgehead atoms. The minimum Gasteiger partial charge on any atom is -0.490 e. The van der Waals surface area contributed by atoms with Crippen molar-refractivity contribution in [3.05, 3.63) is 83.9 Å². The van der Waals surface area contributed by atoms with Crippen molar-refractivity contribution in [2.24, 2.45) is 10.8 Å². The second-order valence-electron chi connectivity index (χ2n) is 15.6. The molecule has 1 N–H and O–H groups in total. The van der Waals surface area contributed by atoms with Gasteiger partial charge in [0.1, 0.15) is 17.8 Å². The number of rotatable bonds is 6. The molecule has 4 saturated carbocycles. The number of carbonyl (C=O) groups is 1. The number of hydrogen-bond acceptors (Lipinski definition) is 4. The molecular weight excluding hydrogens is 592 g/mol. The molecule has 48 heavy (non-hydrogen) atoms. The normalized spacial score (nSPS) is 22.2. The highest BCUT2D eigenvalue weighted by Crippen LogP contribution is 2.49. The molecular formula is C44H54O4. The summed E-state index contributed by atoms with van der Waals surface area (Å²) < 4.78 is 12.6. The van der Waals surface area contributed by atoms with Crippen LogP contribution in [0, 0.1) is 10.8 Å². The maximum absolute atomic E-state index is 10.9. The first-order valence-corrected chi connectivity index (χ1v) is 19.0. The van der Waals surface area contributed by atoms with E-state index in [0.717, 1.165) is 39.7 Å². The molecule has 4 aromatic rings. The van der Waals surface area contributed by atoms with Gasteiger partial charge in [-0.3, -0.25) is 4.79 Å². The van der Waals surface area contributed by atoms with Gasteiger partial charge in [-0.15, -0.1) is 0 Å². The monoisotopic (exact) mass is 646 g/mol. The average molecular weight is 647 g/mol. The molecule has 0 aliphatic heterocycles. The fraction of sp³-hybridized carbons (Fsp3) is 0.523. The second kappa shape index (κ2) is 15.0. The van der Waals surface area contributed by atoms with E-state index in [1.165, 1.54) is 126 Å². The van der Waals surface area contributed by atoms with Crippen molar-refractivity contribution in [1.29, 1.82) is 0 Å². The minimum atomic E-state index is 0.0953. The molecule has 0 unspecified atom stereocenters. The quantitative estimate of drug-likeness (QED) is 0.212. The lowest BCUT2D eigenvalue weighted by atomic mass is 9.65. The van der Waals surface area contributed by atoms with Crippen LogP contribution in [0.5, 0.6) is 11.5 Å². The molecule has 0 saturated heterocycles. The van der Waals surface area contributed by atoms with Crippen molar-refractivity contribution < 1.29 is 19.4 Å². The number of aliphatic hydroxyl groups excluding tert-OH is 1. The lowest BCUT2D eigenvalue weighted by Crippen LogP contribution is -2.33. The zero-order valence-electron chi connectivity index (χ0n) is 28.8. The van der Waals surface area contributed by atoms with E-state index in [0.29, 0.717) is 23.0 Å². The molecule has 8 rings (SSSR count). The van der Waals surface area contributed by atoms with Gasteiger partial charge in [-0.05, 0) is 151 Å². The highest BCUT2D eigenvalue weighted by Gasteiger charge is 2.37. The maximum atomic E-state index is 10.9. The smallest absolute Gasteiger partial charge is 0.150 e. The predicted octanol–water partition coefficient (Wildman–Crippen LogP) is 11.5. The van der Waals surface area contributed by atoms with Gasteiger partial charge in [0.25, 0.3) is 0 Å². The molecule has 254 valence electrons. The number of hydrogen-bond donors (Lipinski definition) is 1. The number of benzene rings is 4. The number of carbonyl (C=O) groups excluding carboxylic acids is 1. The van der Waals surface area contributed by atoms with E-state index in [1.807, 2.05) is 36.4 Å². The largest absolute Gasteiger partial charge is 0.490 e. The van der Waals surface area contributed by atoms with Crippen LogP contribution >= 0.6 is 0 Å². The van der Waals surface area contributed by atoms with E-state index in [1.54, 1.807) is 0 Å². The van der Waals surface area contributed by atoms with Gasteiger partial charge >= 0.3 is 0 Å². The lowest BCUT2D eigenvalue weighted by molar-refractivity contribution is 0.0524. The van der Waals surface area contributed by atoms with Gasteiger partial charge < -0.3 is 14.6 Å². The molecule has 4 aliphatic rings. The Bertz CT molecular complexity index is 1660. The highest BCUT2D eigenvalue weighted by atomic mass is 16.5. The van der Waals surface area contributed by atoms with Crippen LogP contribution in [-0.2, 0) is 6.61 Å². The van der Waals surface area contributed by atoms with E-state index < -0.39 is 0 Å². The van der Waals surface area contributed by atoms with E-state index in [2.05, 4.69) is 36.4 Å². The molecule has 0 radical (unpaired) electrons. The Kier molecular flexibility index (Phi) is 10.4. The highest BCUT2D eigenvalue weighted by molar-refractivity contribution is 5.89. The van der Waals surface area contributed by atoms with Crippen molar-refractivity contribution in [3.8, 4) is 11.5 Å². The number of fused-ring (bicyclic) bond motifs is 2. The van der Waals surface area contributed by atoms with Crippen LogP contribution < -0.4 is 9.47 Å². The second-order valence-corrected chi connectivity index (χ2v) is 15.6. The Morgan fingerprint density at radius 3 is 1.46 bits per heavy atom. The SMILES string of the molecule is O=Cc1ccc2cc(OC3CCC4(CCCCC4)CC3)ccc2c1.OCc1ccc2cc(OC3CCC4(CCCCC4)CC3)ccc2c1. The zero-order chi connectivity index (χ0) is 32.8. The molecule has 4 fully saturated rings. The first kappa shape index (κ1) is 33.1. The summed E-state index contributed by atoms with van der Waals surface area (Å²) in [5.74, 6) is 1.95. The topological polar surface area (TPSA) is 55.8 Å². The zero-order valence-corrected chi connectivity index (χ0v) is 28.8. The van der Waals surface area contributed by atoms with E-state index >= 15 is 0 Å². The first-order valence-electron chi connectivity index (χ1n) is 19.0. The van der Waals surface area contributed by atoms with E-state index in [4.69, 9.17) is 9.47 Å². The lowest BCUT2D eigenvalue weighted by Gasteiger charge is -2.42. The van der Waals surface area contributed by atoms with Crippen LogP contribution in [0.15, 0.2) is 72.8 Å². The van der Waals surface area contributed by atoms with Crippen LogP contribution in [0.2, 0.25) is 0 Å². The Morgan fingerprint density at radius 1 is 0.542 bits per heavy atom. The van der Waals surface area contributed by atoms with Crippen molar-refractivity contribution in [2.75, 3.05) is 0 Å². The summed E-state index contributed by atoms with van der Waals surface area (Å²) in [5.41, 5.74) is 2.98. The third-order valence-electron chi connectivity index (χ3n) is 12.5. The van der Waals surface area contributed by atoms with Gasteiger partial charge in [-0.25, -0.2) is 0 Å². The summed E-state index contributed by atoms with van der Waals surface area (Å²) >= 11 is 0. The fourth-order valence-electron chi connectivity index (χ4n) is 9.47. The molecule has 4 nitrogen and oxygen atoms in total. The summed E-state index contributed by atoms with van der Waals surface area (Å²) in [6.07, 6.45) is 26.2. The summed E-state index contributed by atoms with van der Waals surface area (Å²) in [6.45, 7) is 0.0953. The molecule has 2 spiro atoms. The molecule has 4 aliphatic carbocycles. The number of ether oxygens (including phenoxy) is 2. The van der Waals surface area contributed by atoms with Gasteiger partial charge in [0, 0.05) is 5.56 Å². The van der Waals surface area contributed by atoms with Gasteiger partial charge in [-0.1, -0.05) is 74.9 Å². The van der Waals surface area contributed by atoms with Gasteiger partial charge in [0.2, 0.25) is 0 Å². The van der Waals surface area contributed by atoms with Crippen molar-refractivity contribution in [2.45, 2.75) is 134 Å². The third-order valence-corrected chi connectivity index (χ3v) is 12.5. The van der Waals surface area contributed by atoms with E-state index in [9.17, 15) is 9.90 Å². The minimum absolute atomic E-state index is 0.0953. The van der Waals surface area contributed by atoms with Crippen molar-refractivity contribution in [3.63, 3.8) is 0 Å². The van der Waals surface area contributed by atoms with Gasteiger partial charge in [0.15, 0.2) is 0 Å². The summed E-state index contributed by atoms with van der Waals surface area (Å²) in [6, 6.07) is 24.4. The fourth-order valence-corrected chi connectivity index (χ4v) is 9.47. The summed E-state index contributed by atoms with van der Waals surface area (Å²) in [5, 5.41) is 13.8. The van der Waals surface area contributed by atoms with Crippen LogP contribution in [0.4, 0.5) is 0 Å². The Labute approximate surface area is 287 Å². The summed E-state index contributed by atoms with van der Waals surface area (Å²) in [4.78, 5) is 10.9. The van der Waals surface area contributed by atoms with Crippen LogP contribution in [0.3, 0.4) is 0 Å². The average Bonchev–Trinajstić information content (AvgIpc) is 3.14. The molecule has 4 heteroatoms. The van der Waals surface area contributed by atoms with Crippen molar-refractivity contribution in [1.82, 2.24) is 0 Å². The van der Waals surface area contributed by atoms with Gasteiger partial charge in [0.05, 0.1) is 18.8 Å². The van der Waals surface area contributed by atoms with Crippen LogP contribution in [0.25, 0.3) is 21.5 Å². The summed E-state index contributed by atoms with van der Waals surface area (Å²) in [7, 11) is 0. The molecule has 0 aromatic heterocycles. The molecule has 0 amide bonds. The molecule has 0 atom stereocenters. The van der Waals surface area contributed by atoms with Crippen LogP contribution in [-0.4, -0.2) is 23.6 Å². The van der Waals surface area contributed by atoms with Crippen molar-refractivity contribution >= 4 is 27.8 Å². The first-order chi connectivity index (χ1) is 23.5. The van der Waals surface area contributed by atoms with Gasteiger partial charge in [-0.2, -0.15) is 0 Å². The predicted molar refractivity (Wildman–Crippen MR) is 196 cm³/mol. The molecule has 4 aromatic carbocycles. The number of aldehydes is 1. The van der Waals surface area contributed by atoms with Crippen LogP contribution in [0.1, 0.15) is 131 Å². The standard InChI is InChI=1S/C22H28O2.C22H26O2/c2*23-16-17-4-5-19-15-21(7-6-18(19)14-17)24-20-8-12-22(13-9-20)10-2-1-3-11-22/h4-7,14-15,20,23H,1-3,8-13,16H2;4-7,14-16,20H,1-3,8-13H2. The maximum Gasteiger partial charge on any atom is 0.150 e. The Balaban J connectivity index is 0.000000152. The van der Waals surface area contributed by atoms with E-state index in [-0.39, 0.29) is 6.61 Å². The Hall–Kier alpha value is -3.37. The number of aliphatic hydroxyl groups is 1. The molecule has 0 heterocycles.